The van der Waals surface area contributed by atoms with Gasteiger partial charge in [0.2, 0.25) is 11.9 Å². The van der Waals surface area contributed by atoms with Gasteiger partial charge in [0.15, 0.2) is 10.9 Å². The molecule has 3 aliphatic rings. The molecule has 2 aliphatic carbocycles. The van der Waals surface area contributed by atoms with Crippen molar-refractivity contribution in [1.29, 1.82) is 0 Å². The summed E-state index contributed by atoms with van der Waals surface area (Å²) in [4.78, 5) is 28.8. The number of hydrogen-bond donors (Lipinski definition) is 3. The van der Waals surface area contributed by atoms with E-state index in [-0.39, 0.29) is 11.9 Å². The number of aromatic amines is 1. The molecule has 3 N–H and O–H groups in total. The van der Waals surface area contributed by atoms with Crippen molar-refractivity contribution in [2.24, 2.45) is 0 Å². The lowest BCUT2D eigenvalue weighted by Gasteiger charge is -2.24. The summed E-state index contributed by atoms with van der Waals surface area (Å²) < 4.78 is 0.546. The smallest absolute Gasteiger partial charge is 0.248 e. The van der Waals surface area contributed by atoms with Crippen LogP contribution in [0.4, 0.5) is 22.7 Å². The third kappa shape index (κ3) is 3.81. The summed E-state index contributed by atoms with van der Waals surface area (Å²) in [6, 6.07) is 1.74. The van der Waals surface area contributed by atoms with Crippen molar-refractivity contribution < 1.29 is 4.79 Å². The lowest BCUT2D eigenvalue weighted by atomic mass is 10.2. The van der Waals surface area contributed by atoms with Crippen LogP contribution in [0.25, 0.3) is 0 Å². The van der Waals surface area contributed by atoms with Gasteiger partial charge in [0.25, 0.3) is 0 Å². The second-order valence-corrected chi connectivity index (χ2v) is 10.2. The van der Waals surface area contributed by atoms with E-state index in [2.05, 4.69) is 31.9 Å². The molecule has 1 atom stereocenters. The van der Waals surface area contributed by atoms with Gasteiger partial charge in [0, 0.05) is 29.8 Å². The summed E-state index contributed by atoms with van der Waals surface area (Å²) in [5, 5.41) is 14.4. The molecule has 0 bridgehead atoms. The first-order valence-corrected chi connectivity index (χ1v) is 12.2. The van der Waals surface area contributed by atoms with Crippen LogP contribution in [0.5, 0.6) is 0 Å². The molecule has 11 heteroatoms. The van der Waals surface area contributed by atoms with Gasteiger partial charge in [-0.05, 0) is 44.9 Å². The number of aromatic nitrogens is 5. The fourth-order valence-corrected chi connectivity index (χ4v) is 5.37. The van der Waals surface area contributed by atoms with Gasteiger partial charge in [0.1, 0.15) is 16.2 Å². The van der Waals surface area contributed by atoms with Crippen LogP contribution in [0, 0.1) is 0 Å². The van der Waals surface area contributed by atoms with Crippen LogP contribution in [-0.4, -0.2) is 43.6 Å². The van der Waals surface area contributed by atoms with E-state index in [9.17, 15) is 4.79 Å². The molecule has 4 heterocycles. The van der Waals surface area contributed by atoms with Gasteiger partial charge in [-0.2, -0.15) is 10.1 Å². The van der Waals surface area contributed by atoms with Crippen LogP contribution in [0.2, 0.25) is 4.34 Å². The average Bonchev–Trinajstić information content (AvgIpc) is 3.20. The first kappa shape index (κ1) is 19.9. The first-order valence-electron chi connectivity index (χ1n) is 11.0. The van der Waals surface area contributed by atoms with Gasteiger partial charge in [-0.25, -0.2) is 9.97 Å². The molecular formula is C21H23ClN8OS. The van der Waals surface area contributed by atoms with E-state index >= 15 is 0 Å². The van der Waals surface area contributed by atoms with Crippen LogP contribution in [-0.2, 0) is 17.6 Å². The molecule has 0 spiro atoms. The molecule has 0 unspecified atom stereocenters. The molecular weight excluding hydrogens is 448 g/mol. The Balaban J connectivity index is 1.26. The maximum atomic E-state index is 13.0. The van der Waals surface area contributed by atoms with Gasteiger partial charge >= 0.3 is 0 Å². The van der Waals surface area contributed by atoms with Crippen molar-refractivity contribution in [3.63, 3.8) is 0 Å². The second kappa shape index (κ2) is 8.00. The minimum absolute atomic E-state index is 0.103. The number of aryl methyl sites for hydroxylation is 1. The molecule has 1 amide bonds. The molecule has 9 nitrogen and oxygen atoms in total. The fraction of sp³-hybridized carbons (Fsp3) is 0.476. The second-order valence-electron chi connectivity index (χ2n) is 8.57. The van der Waals surface area contributed by atoms with Crippen molar-refractivity contribution in [3.8, 4) is 0 Å². The Morgan fingerprint density at radius 2 is 2.12 bits per heavy atom. The zero-order chi connectivity index (χ0) is 21.7. The number of rotatable bonds is 6. The minimum atomic E-state index is -0.336. The molecule has 1 saturated carbocycles. The molecule has 6 rings (SSSR count). The zero-order valence-corrected chi connectivity index (χ0v) is 19.0. The van der Waals surface area contributed by atoms with Crippen molar-refractivity contribution in [2.45, 2.75) is 56.9 Å². The van der Waals surface area contributed by atoms with E-state index in [0.29, 0.717) is 21.3 Å². The van der Waals surface area contributed by atoms with E-state index < -0.39 is 0 Å². The molecule has 2 fully saturated rings. The number of anilines is 4. The molecule has 3 aromatic rings. The van der Waals surface area contributed by atoms with Gasteiger partial charge in [-0.1, -0.05) is 22.9 Å². The van der Waals surface area contributed by atoms with E-state index in [4.69, 9.17) is 21.6 Å². The standard InChI is InChI=1S/C21H23ClN8OS/c22-16-10-23-21(32-16)27-19(31)15-5-2-8-30(15)20-24-13-4-1-3-12(13)18(26-20)25-17-9-14(28-29-17)11-6-7-11/h9-11,15H,1-8H2,(H,23,27,31)(H2,24,25,26,28,29)/t15-/m1/s1. The van der Waals surface area contributed by atoms with Crippen LogP contribution in [0.3, 0.4) is 0 Å². The highest BCUT2D eigenvalue weighted by Gasteiger charge is 2.34. The average molecular weight is 471 g/mol. The molecule has 1 aliphatic heterocycles. The third-order valence-electron chi connectivity index (χ3n) is 6.30. The topological polar surface area (TPSA) is 112 Å². The summed E-state index contributed by atoms with van der Waals surface area (Å²) in [6.07, 6.45) is 8.58. The normalized spacial score (nSPS) is 19.9. The third-order valence-corrected chi connectivity index (χ3v) is 7.33. The minimum Gasteiger partial charge on any atom is -0.329 e. The monoisotopic (exact) mass is 470 g/mol. The number of nitrogens with one attached hydrogen (secondary N) is 3. The molecule has 1 saturated heterocycles. The molecule has 0 radical (unpaired) electrons. The lowest BCUT2D eigenvalue weighted by molar-refractivity contribution is -0.117. The highest BCUT2D eigenvalue weighted by atomic mass is 35.5. The Morgan fingerprint density at radius 1 is 1.22 bits per heavy atom. The van der Waals surface area contributed by atoms with Gasteiger partial charge in [-0.15, -0.1) is 0 Å². The van der Waals surface area contributed by atoms with Gasteiger partial charge in [0.05, 0.1) is 11.9 Å². The fourth-order valence-electron chi connectivity index (χ4n) is 4.56. The Morgan fingerprint density at radius 3 is 2.94 bits per heavy atom. The van der Waals surface area contributed by atoms with E-state index in [0.717, 1.165) is 61.5 Å². The summed E-state index contributed by atoms with van der Waals surface area (Å²) in [7, 11) is 0. The Bertz CT molecular complexity index is 1170. The van der Waals surface area contributed by atoms with Crippen molar-refractivity contribution in [3.05, 3.63) is 33.6 Å². The van der Waals surface area contributed by atoms with Crippen LogP contribution in [0.1, 0.15) is 55.0 Å². The Kier molecular flexibility index (Phi) is 4.98. The Hall–Kier alpha value is -2.72. The number of thiazole rings is 1. The van der Waals surface area contributed by atoms with E-state index in [1.165, 1.54) is 29.9 Å². The summed E-state index contributed by atoms with van der Waals surface area (Å²) >= 11 is 7.20. The molecule has 166 valence electrons. The number of H-pyrrole nitrogens is 1. The van der Waals surface area contributed by atoms with Gasteiger partial charge in [-0.3, -0.25) is 9.89 Å². The predicted octanol–water partition coefficient (Wildman–Crippen LogP) is 4.03. The highest BCUT2D eigenvalue weighted by molar-refractivity contribution is 7.19. The van der Waals surface area contributed by atoms with E-state index in [1.807, 2.05) is 4.90 Å². The summed E-state index contributed by atoms with van der Waals surface area (Å²) in [6.45, 7) is 0.739. The number of carbonyl (C=O) groups is 1. The zero-order valence-electron chi connectivity index (χ0n) is 17.4. The highest BCUT2D eigenvalue weighted by Crippen LogP contribution is 2.40. The van der Waals surface area contributed by atoms with Gasteiger partial charge < -0.3 is 15.5 Å². The summed E-state index contributed by atoms with van der Waals surface area (Å²) in [5.74, 6) is 2.69. The van der Waals surface area contributed by atoms with Crippen molar-refractivity contribution in [1.82, 2.24) is 25.1 Å². The molecule has 3 aromatic heterocycles. The largest absolute Gasteiger partial charge is 0.329 e. The van der Waals surface area contributed by atoms with Crippen LogP contribution >= 0.6 is 22.9 Å². The van der Waals surface area contributed by atoms with Crippen molar-refractivity contribution >= 4 is 51.6 Å². The Labute approximate surface area is 194 Å². The quantitative estimate of drug-likeness (QED) is 0.498. The number of hydrogen-bond acceptors (Lipinski definition) is 8. The maximum absolute atomic E-state index is 13.0. The number of nitrogens with zero attached hydrogens (tertiary/aromatic N) is 5. The number of fused-ring (bicyclic) bond motifs is 1. The molecule has 0 aromatic carbocycles. The number of amides is 1. The summed E-state index contributed by atoms with van der Waals surface area (Å²) in [5.41, 5.74) is 3.40. The lowest BCUT2D eigenvalue weighted by Crippen LogP contribution is -2.40. The predicted molar refractivity (Wildman–Crippen MR) is 124 cm³/mol. The molecule has 32 heavy (non-hydrogen) atoms. The first-order chi connectivity index (χ1) is 15.6. The SMILES string of the molecule is O=C(Nc1ncc(Cl)s1)[C@H]1CCCN1c1nc2c(c(Nc3cc(C4CC4)[nH]n3)n1)CCC2. The van der Waals surface area contributed by atoms with Crippen LogP contribution < -0.4 is 15.5 Å². The number of carbonyl (C=O) groups excluding carboxylic acids is 1. The maximum Gasteiger partial charge on any atom is 0.248 e. The van der Waals surface area contributed by atoms with Crippen LogP contribution in [0.15, 0.2) is 12.3 Å². The van der Waals surface area contributed by atoms with Crippen molar-refractivity contribution in [2.75, 3.05) is 22.1 Å². The van der Waals surface area contributed by atoms with E-state index in [1.54, 1.807) is 6.20 Å². The number of halogens is 1.